The minimum Gasteiger partial charge on any atom is -0.469 e. The first-order valence-electron chi connectivity index (χ1n) is 7.72. The van der Waals surface area contributed by atoms with E-state index in [-0.39, 0.29) is 17.2 Å². The van der Waals surface area contributed by atoms with Gasteiger partial charge >= 0.3 is 5.97 Å². The number of aromatic nitrogens is 2. The molecule has 1 aromatic heterocycles. The molecule has 0 bridgehead atoms. The van der Waals surface area contributed by atoms with Crippen LogP contribution in [0.5, 0.6) is 0 Å². The van der Waals surface area contributed by atoms with Gasteiger partial charge in [-0.05, 0) is 54.8 Å². The maximum Gasteiger partial charge on any atom is 0.312 e. The zero-order valence-electron chi connectivity index (χ0n) is 13.5. The second-order valence-electron chi connectivity index (χ2n) is 5.56. The van der Waals surface area contributed by atoms with E-state index in [4.69, 9.17) is 16.3 Å². The quantitative estimate of drug-likeness (QED) is 0.649. The normalized spacial score (nSPS) is 14.6. The Hall–Kier alpha value is -1.79. The number of benzene rings is 1. The number of anilines is 2. The van der Waals surface area contributed by atoms with Crippen molar-refractivity contribution in [3.05, 3.63) is 40.8 Å². The molecule has 0 aliphatic carbocycles. The monoisotopic (exact) mass is 363 g/mol. The van der Waals surface area contributed by atoms with E-state index < -0.39 is 0 Å². The third-order valence-electron chi connectivity index (χ3n) is 3.94. The summed E-state index contributed by atoms with van der Waals surface area (Å²) in [5, 5.41) is 3.57. The smallest absolute Gasteiger partial charge is 0.312 e. The molecule has 24 heavy (non-hydrogen) atoms. The highest BCUT2D eigenvalue weighted by Crippen LogP contribution is 2.36. The zero-order valence-corrected chi connectivity index (χ0v) is 15.1. The Kier molecular flexibility index (Phi) is 5.26. The number of methoxy groups -OCH3 is 1. The molecular formula is C17H18ClN3O2S. The molecule has 0 spiro atoms. The van der Waals surface area contributed by atoms with Gasteiger partial charge in [-0.3, -0.25) is 4.79 Å². The van der Waals surface area contributed by atoms with Crippen molar-refractivity contribution in [2.45, 2.75) is 30.6 Å². The summed E-state index contributed by atoms with van der Waals surface area (Å²) in [5.41, 5.74) is 2.80. The lowest BCUT2D eigenvalue weighted by molar-refractivity contribution is -0.141. The zero-order chi connectivity index (χ0) is 17.1. The molecule has 126 valence electrons. The molecule has 5 nitrogen and oxygen atoms in total. The van der Waals surface area contributed by atoms with Gasteiger partial charge in [0.2, 0.25) is 5.28 Å². The van der Waals surface area contributed by atoms with E-state index in [9.17, 15) is 4.79 Å². The molecule has 3 rings (SSSR count). The van der Waals surface area contributed by atoms with E-state index in [1.807, 2.05) is 31.2 Å². The molecule has 0 saturated heterocycles. The number of carbonyl (C=O) groups excluding carboxylic acids is 1. The molecule has 0 saturated carbocycles. The van der Waals surface area contributed by atoms with Crippen molar-refractivity contribution in [2.75, 3.05) is 18.2 Å². The summed E-state index contributed by atoms with van der Waals surface area (Å²) >= 11 is 7.79. The number of hydrogen-bond acceptors (Lipinski definition) is 6. The SMILES string of the molecule is COC(=O)C(C)c1ccc(Nc2nc(Cl)nc3c2SCCC3)cc1. The molecule has 1 aliphatic heterocycles. The van der Waals surface area contributed by atoms with Gasteiger partial charge in [-0.15, -0.1) is 11.8 Å². The number of hydrogen-bond donors (Lipinski definition) is 1. The highest BCUT2D eigenvalue weighted by molar-refractivity contribution is 7.99. The van der Waals surface area contributed by atoms with Crippen LogP contribution >= 0.6 is 23.4 Å². The van der Waals surface area contributed by atoms with E-state index in [1.54, 1.807) is 11.8 Å². The van der Waals surface area contributed by atoms with Gasteiger partial charge in [-0.1, -0.05) is 12.1 Å². The molecule has 1 N–H and O–H groups in total. The van der Waals surface area contributed by atoms with Gasteiger partial charge in [-0.2, -0.15) is 4.98 Å². The van der Waals surface area contributed by atoms with Crippen molar-refractivity contribution in [1.29, 1.82) is 0 Å². The van der Waals surface area contributed by atoms with Gasteiger partial charge in [0.25, 0.3) is 0 Å². The average Bonchev–Trinajstić information content (AvgIpc) is 2.61. The number of halogens is 1. The summed E-state index contributed by atoms with van der Waals surface area (Å²) in [5.74, 6) is 1.26. The minimum absolute atomic E-state index is 0.247. The van der Waals surface area contributed by atoms with Crippen molar-refractivity contribution in [3.8, 4) is 0 Å². The van der Waals surface area contributed by atoms with Crippen LogP contribution < -0.4 is 5.32 Å². The Balaban J connectivity index is 1.82. The van der Waals surface area contributed by atoms with Crippen LogP contribution in [0.1, 0.15) is 30.5 Å². The fourth-order valence-corrected chi connectivity index (χ4v) is 3.82. The lowest BCUT2D eigenvalue weighted by atomic mass is 10.0. The van der Waals surface area contributed by atoms with Gasteiger partial charge in [0, 0.05) is 5.69 Å². The van der Waals surface area contributed by atoms with E-state index in [0.717, 1.165) is 46.3 Å². The predicted octanol–water partition coefficient (Wildman–Crippen LogP) is 4.19. The van der Waals surface area contributed by atoms with Crippen molar-refractivity contribution in [2.24, 2.45) is 0 Å². The van der Waals surface area contributed by atoms with Crippen LogP contribution in [0.2, 0.25) is 5.28 Å². The van der Waals surface area contributed by atoms with Crippen LogP contribution in [-0.2, 0) is 16.0 Å². The third-order valence-corrected chi connectivity index (χ3v) is 5.32. The summed E-state index contributed by atoms with van der Waals surface area (Å²) in [6.45, 7) is 1.82. The molecule has 1 atom stereocenters. The second kappa shape index (κ2) is 7.40. The lowest BCUT2D eigenvalue weighted by Gasteiger charge is -2.18. The van der Waals surface area contributed by atoms with Crippen molar-refractivity contribution >= 4 is 40.8 Å². The summed E-state index contributed by atoms with van der Waals surface area (Å²) in [7, 11) is 1.40. The molecule has 0 fully saturated rings. The van der Waals surface area contributed by atoms with E-state index >= 15 is 0 Å². The molecular weight excluding hydrogens is 346 g/mol. The summed E-state index contributed by atoms with van der Waals surface area (Å²) < 4.78 is 4.78. The number of ether oxygens (including phenoxy) is 1. The molecule has 1 unspecified atom stereocenters. The van der Waals surface area contributed by atoms with Crippen LogP contribution in [0.3, 0.4) is 0 Å². The van der Waals surface area contributed by atoms with Crippen LogP contribution in [0.15, 0.2) is 29.2 Å². The van der Waals surface area contributed by atoms with Crippen LogP contribution in [0, 0.1) is 0 Å². The summed E-state index contributed by atoms with van der Waals surface area (Å²) in [6.07, 6.45) is 2.03. The largest absolute Gasteiger partial charge is 0.469 e. The van der Waals surface area contributed by atoms with Gasteiger partial charge in [0.05, 0.1) is 23.6 Å². The molecule has 7 heteroatoms. The number of nitrogens with zero attached hydrogens (tertiary/aromatic N) is 2. The van der Waals surface area contributed by atoms with E-state index in [2.05, 4.69) is 15.3 Å². The number of esters is 1. The number of carbonyl (C=O) groups is 1. The molecule has 2 aromatic rings. The van der Waals surface area contributed by atoms with Gasteiger partial charge in [0.1, 0.15) is 5.82 Å². The number of aryl methyl sites for hydroxylation is 1. The first kappa shape index (κ1) is 17.0. The molecule has 1 aromatic carbocycles. The highest BCUT2D eigenvalue weighted by atomic mass is 35.5. The van der Waals surface area contributed by atoms with E-state index in [1.165, 1.54) is 7.11 Å². The van der Waals surface area contributed by atoms with Gasteiger partial charge in [0.15, 0.2) is 0 Å². The Morgan fingerprint density at radius 3 is 2.79 bits per heavy atom. The summed E-state index contributed by atoms with van der Waals surface area (Å²) in [4.78, 5) is 21.3. The van der Waals surface area contributed by atoms with Crippen molar-refractivity contribution in [3.63, 3.8) is 0 Å². The molecule has 0 amide bonds. The fraction of sp³-hybridized carbons (Fsp3) is 0.353. The van der Waals surface area contributed by atoms with Crippen molar-refractivity contribution < 1.29 is 9.53 Å². The van der Waals surface area contributed by atoms with Gasteiger partial charge < -0.3 is 10.1 Å². The Labute approximate surface area is 150 Å². The minimum atomic E-state index is -0.291. The topological polar surface area (TPSA) is 64.1 Å². The fourth-order valence-electron chi connectivity index (χ4n) is 2.59. The Morgan fingerprint density at radius 2 is 2.08 bits per heavy atom. The number of rotatable bonds is 4. The molecule has 0 radical (unpaired) electrons. The van der Waals surface area contributed by atoms with Crippen LogP contribution in [0.4, 0.5) is 11.5 Å². The number of fused-ring (bicyclic) bond motifs is 1. The second-order valence-corrected chi connectivity index (χ2v) is 7.00. The van der Waals surface area contributed by atoms with Gasteiger partial charge in [-0.25, -0.2) is 4.98 Å². The highest BCUT2D eigenvalue weighted by Gasteiger charge is 2.19. The standard InChI is InChI=1S/C17H18ClN3O2S/c1-10(16(22)23-2)11-5-7-12(8-6-11)19-15-14-13(4-3-9-24-14)20-17(18)21-15/h5-8,10H,3-4,9H2,1-2H3,(H,19,20,21). The van der Waals surface area contributed by atoms with Crippen LogP contribution in [-0.4, -0.2) is 28.8 Å². The van der Waals surface area contributed by atoms with E-state index in [0.29, 0.717) is 0 Å². The first-order chi connectivity index (χ1) is 11.6. The Bertz CT molecular complexity index is 752. The maximum absolute atomic E-state index is 11.6. The first-order valence-corrected chi connectivity index (χ1v) is 9.09. The Morgan fingerprint density at radius 1 is 1.33 bits per heavy atom. The predicted molar refractivity (Wildman–Crippen MR) is 96.2 cm³/mol. The van der Waals surface area contributed by atoms with Crippen molar-refractivity contribution in [1.82, 2.24) is 9.97 Å². The molecule has 2 heterocycles. The summed E-state index contributed by atoms with van der Waals surface area (Å²) in [6, 6.07) is 7.66. The number of nitrogens with one attached hydrogen (secondary N) is 1. The third kappa shape index (κ3) is 3.65. The lowest BCUT2D eigenvalue weighted by Crippen LogP contribution is -2.10. The van der Waals surface area contributed by atoms with Crippen LogP contribution in [0.25, 0.3) is 0 Å². The average molecular weight is 364 g/mol. The maximum atomic E-state index is 11.6. The molecule has 1 aliphatic rings. The number of thioether (sulfide) groups is 1.